The third-order valence-corrected chi connectivity index (χ3v) is 3.55. The van der Waals surface area contributed by atoms with E-state index in [0.29, 0.717) is 11.3 Å². The third kappa shape index (κ3) is 6.00. The zero-order valence-electron chi connectivity index (χ0n) is 14.7. The molecule has 2 aromatic carbocycles. The standard InChI is InChI=1S/C22H18F2N2/c1-16(15-25)26-17(2)21-12-10-19(11-13-21)5-4-18-6-8-20(9-7-18)14-22(3,23)24/h6-13H,1,14H2,2-3H3/b26-17+. The first-order valence-electron chi connectivity index (χ1n) is 8.00. The number of rotatable bonds is 4. The molecule has 0 N–H and O–H groups in total. The number of benzene rings is 2. The number of alkyl halides is 2. The van der Waals surface area contributed by atoms with Gasteiger partial charge in [-0.15, -0.1) is 0 Å². The largest absolute Gasteiger partial charge is 0.249 e. The fraction of sp³-hybridized carbons (Fsp3) is 0.182. The summed E-state index contributed by atoms with van der Waals surface area (Å²) < 4.78 is 26.0. The summed E-state index contributed by atoms with van der Waals surface area (Å²) in [5, 5.41) is 8.71. The summed E-state index contributed by atoms with van der Waals surface area (Å²) >= 11 is 0. The molecule has 0 fully saturated rings. The van der Waals surface area contributed by atoms with E-state index >= 15 is 0 Å². The molecule has 130 valence electrons. The molecule has 0 aromatic heterocycles. The Morgan fingerprint density at radius 3 is 2.00 bits per heavy atom. The number of halogens is 2. The molecule has 0 atom stereocenters. The first-order chi connectivity index (χ1) is 12.3. The Bertz CT molecular complexity index is 914. The van der Waals surface area contributed by atoms with Crippen LogP contribution in [-0.4, -0.2) is 11.6 Å². The van der Waals surface area contributed by atoms with Crippen molar-refractivity contribution in [2.45, 2.75) is 26.2 Å². The molecule has 0 radical (unpaired) electrons. The van der Waals surface area contributed by atoms with Crippen LogP contribution in [0.25, 0.3) is 0 Å². The van der Waals surface area contributed by atoms with E-state index in [1.54, 1.807) is 24.3 Å². The molecule has 2 rings (SSSR count). The van der Waals surface area contributed by atoms with Gasteiger partial charge in [-0.2, -0.15) is 5.26 Å². The first-order valence-corrected chi connectivity index (χ1v) is 8.00. The maximum Gasteiger partial charge on any atom is 0.249 e. The van der Waals surface area contributed by atoms with Gasteiger partial charge in [0.15, 0.2) is 0 Å². The second-order valence-electron chi connectivity index (χ2n) is 6.03. The van der Waals surface area contributed by atoms with Crippen molar-refractivity contribution in [3.05, 3.63) is 83.1 Å². The maximum atomic E-state index is 13.0. The van der Waals surface area contributed by atoms with Crippen LogP contribution in [0.15, 0.2) is 65.8 Å². The lowest BCUT2D eigenvalue weighted by Gasteiger charge is -2.09. The lowest BCUT2D eigenvalue weighted by molar-refractivity contribution is 0.0226. The molecule has 0 saturated carbocycles. The van der Waals surface area contributed by atoms with Crippen molar-refractivity contribution in [3.63, 3.8) is 0 Å². The minimum absolute atomic E-state index is 0.163. The highest BCUT2D eigenvalue weighted by Gasteiger charge is 2.21. The normalized spacial score (nSPS) is 11.3. The van der Waals surface area contributed by atoms with Crippen molar-refractivity contribution < 1.29 is 8.78 Å². The molecule has 0 aliphatic rings. The van der Waals surface area contributed by atoms with Crippen LogP contribution in [0.2, 0.25) is 0 Å². The quantitative estimate of drug-likeness (QED) is 0.429. The van der Waals surface area contributed by atoms with Crippen molar-refractivity contribution >= 4 is 5.71 Å². The van der Waals surface area contributed by atoms with E-state index in [-0.39, 0.29) is 12.1 Å². The van der Waals surface area contributed by atoms with Gasteiger partial charge < -0.3 is 0 Å². The molecule has 0 heterocycles. The Morgan fingerprint density at radius 2 is 1.54 bits per heavy atom. The topological polar surface area (TPSA) is 36.1 Å². The molecule has 0 saturated heterocycles. The van der Waals surface area contributed by atoms with Crippen LogP contribution in [0.3, 0.4) is 0 Å². The van der Waals surface area contributed by atoms with Crippen LogP contribution in [-0.2, 0) is 6.42 Å². The number of nitrogens with zero attached hydrogens (tertiary/aromatic N) is 2. The highest BCUT2D eigenvalue weighted by molar-refractivity contribution is 5.99. The van der Waals surface area contributed by atoms with Gasteiger partial charge in [-0.25, -0.2) is 13.8 Å². The minimum atomic E-state index is -2.71. The third-order valence-electron chi connectivity index (χ3n) is 3.55. The number of hydrogen-bond donors (Lipinski definition) is 0. The maximum absolute atomic E-state index is 13.0. The zero-order valence-corrected chi connectivity index (χ0v) is 14.7. The van der Waals surface area contributed by atoms with Crippen LogP contribution in [0.4, 0.5) is 8.78 Å². The summed E-state index contributed by atoms with van der Waals surface area (Å²) in [6.45, 7) is 6.25. The smallest absolute Gasteiger partial charge is 0.242 e. The van der Waals surface area contributed by atoms with E-state index in [1.165, 1.54) is 0 Å². The Balaban J connectivity index is 2.10. The molecule has 26 heavy (non-hydrogen) atoms. The van der Waals surface area contributed by atoms with Crippen molar-refractivity contribution in [1.29, 1.82) is 5.26 Å². The predicted molar refractivity (Wildman–Crippen MR) is 100 cm³/mol. The fourth-order valence-electron chi connectivity index (χ4n) is 2.30. The number of hydrogen-bond acceptors (Lipinski definition) is 2. The van der Waals surface area contributed by atoms with Crippen LogP contribution >= 0.6 is 0 Å². The molecule has 0 aliphatic heterocycles. The summed E-state index contributed by atoms with van der Waals surface area (Å²) in [5.74, 6) is 3.34. The Hall–Kier alpha value is -3.24. The lowest BCUT2D eigenvalue weighted by Crippen LogP contribution is -2.13. The van der Waals surface area contributed by atoms with Crippen molar-refractivity contribution in [3.8, 4) is 17.9 Å². The monoisotopic (exact) mass is 348 g/mol. The van der Waals surface area contributed by atoms with Crippen LogP contribution in [0.5, 0.6) is 0 Å². The molecule has 4 heteroatoms. The van der Waals surface area contributed by atoms with Crippen molar-refractivity contribution in [2.75, 3.05) is 0 Å². The summed E-state index contributed by atoms with van der Waals surface area (Å²) in [6, 6.07) is 16.2. The summed E-state index contributed by atoms with van der Waals surface area (Å²) in [5.41, 5.74) is 3.93. The summed E-state index contributed by atoms with van der Waals surface area (Å²) in [7, 11) is 0. The molecule has 0 aliphatic carbocycles. The summed E-state index contributed by atoms with van der Waals surface area (Å²) in [4.78, 5) is 4.09. The highest BCUT2D eigenvalue weighted by atomic mass is 19.3. The van der Waals surface area contributed by atoms with Crippen molar-refractivity contribution in [1.82, 2.24) is 0 Å². The van der Waals surface area contributed by atoms with Gasteiger partial charge in [0.25, 0.3) is 0 Å². The fourth-order valence-corrected chi connectivity index (χ4v) is 2.30. The SMILES string of the molecule is C=C(C#N)/N=C(\C)c1ccc(C#Cc2ccc(CC(C)(F)F)cc2)cc1. The average Bonchev–Trinajstić information content (AvgIpc) is 2.60. The van der Waals surface area contributed by atoms with E-state index in [1.807, 2.05) is 37.3 Å². The van der Waals surface area contributed by atoms with Gasteiger partial charge >= 0.3 is 0 Å². The number of allylic oxidation sites excluding steroid dienone is 1. The van der Waals surface area contributed by atoms with E-state index in [9.17, 15) is 8.78 Å². The van der Waals surface area contributed by atoms with E-state index < -0.39 is 5.92 Å². The van der Waals surface area contributed by atoms with Crippen LogP contribution in [0, 0.1) is 23.2 Å². The average molecular weight is 348 g/mol. The van der Waals surface area contributed by atoms with Gasteiger partial charge in [0.05, 0.1) is 0 Å². The molecule has 2 aromatic rings. The molecule has 0 amide bonds. The van der Waals surface area contributed by atoms with Crippen molar-refractivity contribution in [2.24, 2.45) is 4.99 Å². The first kappa shape index (κ1) is 19.1. The highest BCUT2D eigenvalue weighted by Crippen LogP contribution is 2.19. The van der Waals surface area contributed by atoms with Crippen LogP contribution in [0.1, 0.15) is 36.1 Å². The summed E-state index contributed by atoms with van der Waals surface area (Å²) in [6.07, 6.45) is -0.276. The Morgan fingerprint density at radius 1 is 1.04 bits per heavy atom. The van der Waals surface area contributed by atoms with Gasteiger partial charge in [-0.3, -0.25) is 0 Å². The van der Waals surface area contributed by atoms with E-state index in [2.05, 4.69) is 23.4 Å². The number of nitriles is 1. The van der Waals surface area contributed by atoms with Gasteiger partial charge in [-0.1, -0.05) is 42.7 Å². The molecular formula is C22H18F2N2. The van der Waals surface area contributed by atoms with Crippen LogP contribution < -0.4 is 0 Å². The molecule has 2 nitrogen and oxygen atoms in total. The van der Waals surface area contributed by atoms with E-state index in [4.69, 9.17) is 5.26 Å². The number of aliphatic imine (C=N–C) groups is 1. The lowest BCUT2D eigenvalue weighted by atomic mass is 10.1. The van der Waals surface area contributed by atoms with Gasteiger partial charge in [0.1, 0.15) is 11.8 Å². The minimum Gasteiger partial charge on any atom is -0.242 e. The Labute approximate surface area is 152 Å². The second-order valence-corrected chi connectivity index (χ2v) is 6.03. The van der Waals surface area contributed by atoms with Gasteiger partial charge in [0.2, 0.25) is 5.92 Å². The van der Waals surface area contributed by atoms with Gasteiger partial charge in [-0.05, 0) is 49.2 Å². The molecule has 0 spiro atoms. The van der Waals surface area contributed by atoms with Gasteiger partial charge in [0, 0.05) is 23.3 Å². The Kier molecular flexibility index (Phi) is 6.04. The molecule has 0 bridgehead atoms. The zero-order chi connectivity index (χ0) is 19.2. The predicted octanol–water partition coefficient (Wildman–Crippen LogP) is 5.13. The second kappa shape index (κ2) is 8.23. The molecular weight excluding hydrogens is 330 g/mol. The molecule has 0 unspecified atom stereocenters. The van der Waals surface area contributed by atoms with E-state index in [0.717, 1.165) is 23.6 Å².